The van der Waals surface area contributed by atoms with Crippen molar-refractivity contribution in [3.05, 3.63) is 48.7 Å². The van der Waals surface area contributed by atoms with Crippen LogP contribution in [0, 0.1) is 6.92 Å². The molecule has 0 aliphatic heterocycles. The molecule has 0 bridgehead atoms. The number of aromatic nitrogens is 5. The fraction of sp³-hybridized carbons (Fsp3) is 0.0714. The molecule has 0 atom stereocenters. The van der Waals surface area contributed by atoms with Crippen molar-refractivity contribution in [3.8, 4) is 11.1 Å². The summed E-state index contributed by atoms with van der Waals surface area (Å²) < 4.78 is 3.76. The number of nitrogen functional groups attached to an aromatic ring is 1. The second kappa shape index (κ2) is 3.80. The lowest BCUT2D eigenvalue weighted by Crippen LogP contribution is -2.03. The van der Waals surface area contributed by atoms with E-state index in [0.29, 0.717) is 0 Å². The van der Waals surface area contributed by atoms with Crippen LogP contribution in [0.25, 0.3) is 22.3 Å². The molecule has 0 saturated heterocycles. The fourth-order valence-corrected chi connectivity index (χ4v) is 2.54. The minimum Gasteiger partial charge on any atom is -0.367 e. The molecule has 0 spiro atoms. The van der Waals surface area contributed by atoms with E-state index < -0.39 is 0 Å². The van der Waals surface area contributed by atoms with Gasteiger partial charge in [-0.15, -0.1) is 5.10 Å². The Morgan fingerprint density at radius 2 is 2.05 bits per heavy atom. The molecule has 4 rings (SSSR count). The van der Waals surface area contributed by atoms with Gasteiger partial charge in [0.1, 0.15) is 5.65 Å². The fourth-order valence-electron chi connectivity index (χ4n) is 2.54. The van der Waals surface area contributed by atoms with E-state index in [4.69, 9.17) is 5.73 Å². The number of hydrogen-bond donors (Lipinski definition) is 1. The molecule has 0 saturated carbocycles. The Labute approximate surface area is 114 Å². The highest BCUT2D eigenvalue weighted by Crippen LogP contribution is 2.27. The topological polar surface area (TPSA) is 73.5 Å². The number of nitrogens with two attached hydrogens (primary N) is 1. The van der Waals surface area contributed by atoms with Crippen LogP contribution in [0.15, 0.2) is 43.0 Å². The first-order valence-electron chi connectivity index (χ1n) is 6.27. The van der Waals surface area contributed by atoms with Crippen molar-refractivity contribution in [2.45, 2.75) is 6.92 Å². The summed E-state index contributed by atoms with van der Waals surface area (Å²) in [5.41, 5.74) is 10.6. The first kappa shape index (κ1) is 11.0. The third-order valence-corrected chi connectivity index (χ3v) is 3.40. The van der Waals surface area contributed by atoms with Gasteiger partial charge in [-0.25, -0.2) is 14.5 Å². The molecule has 4 aromatic rings. The molecule has 0 aliphatic carbocycles. The van der Waals surface area contributed by atoms with E-state index >= 15 is 0 Å². The van der Waals surface area contributed by atoms with Crippen LogP contribution in [0.4, 0.5) is 5.95 Å². The van der Waals surface area contributed by atoms with Gasteiger partial charge in [0.25, 0.3) is 0 Å². The first-order chi connectivity index (χ1) is 9.72. The lowest BCUT2D eigenvalue weighted by Gasteiger charge is -2.04. The third-order valence-electron chi connectivity index (χ3n) is 3.40. The predicted molar refractivity (Wildman–Crippen MR) is 76.3 cm³/mol. The molecule has 2 N–H and O–H groups in total. The van der Waals surface area contributed by atoms with Gasteiger partial charge >= 0.3 is 0 Å². The molecule has 6 nitrogen and oxygen atoms in total. The summed E-state index contributed by atoms with van der Waals surface area (Å²) in [6, 6.07) is 6.06. The maximum absolute atomic E-state index is 5.68. The van der Waals surface area contributed by atoms with Gasteiger partial charge in [0.2, 0.25) is 5.95 Å². The van der Waals surface area contributed by atoms with Gasteiger partial charge in [0.05, 0.1) is 11.2 Å². The largest absolute Gasteiger partial charge is 0.367 e. The number of imidazole rings is 1. The Bertz CT molecular complexity index is 933. The SMILES string of the molecule is Cc1nc(N)nn2ccc(-c3ccc4nccn4c3)c12. The minimum atomic E-state index is 0.280. The Morgan fingerprint density at radius 1 is 1.15 bits per heavy atom. The van der Waals surface area contributed by atoms with Crippen LogP contribution in [0.2, 0.25) is 0 Å². The highest BCUT2D eigenvalue weighted by atomic mass is 15.3. The van der Waals surface area contributed by atoms with Gasteiger partial charge in [-0.1, -0.05) is 0 Å². The smallest absolute Gasteiger partial charge is 0.238 e. The van der Waals surface area contributed by atoms with Crippen LogP contribution < -0.4 is 5.73 Å². The van der Waals surface area contributed by atoms with Crippen molar-refractivity contribution in [3.63, 3.8) is 0 Å². The van der Waals surface area contributed by atoms with Crippen molar-refractivity contribution >= 4 is 17.1 Å². The summed E-state index contributed by atoms with van der Waals surface area (Å²) in [5.74, 6) is 0.280. The average molecular weight is 264 g/mol. The lowest BCUT2D eigenvalue weighted by atomic mass is 10.1. The third kappa shape index (κ3) is 1.48. The predicted octanol–water partition coefficient (Wildman–Crippen LogP) is 1.93. The highest BCUT2D eigenvalue weighted by Gasteiger charge is 2.11. The second-order valence-electron chi connectivity index (χ2n) is 4.69. The van der Waals surface area contributed by atoms with Crippen molar-refractivity contribution in [2.75, 3.05) is 5.73 Å². The molecule has 0 aliphatic rings. The normalized spacial score (nSPS) is 11.4. The van der Waals surface area contributed by atoms with Gasteiger partial charge in [-0.05, 0) is 25.1 Å². The molecule has 0 aromatic carbocycles. The summed E-state index contributed by atoms with van der Waals surface area (Å²) in [7, 11) is 0. The van der Waals surface area contributed by atoms with Crippen LogP contribution in [-0.4, -0.2) is 24.0 Å². The van der Waals surface area contributed by atoms with E-state index in [1.165, 1.54) is 0 Å². The number of aryl methyl sites for hydroxylation is 1. The lowest BCUT2D eigenvalue weighted by molar-refractivity contribution is 0.902. The van der Waals surface area contributed by atoms with E-state index in [2.05, 4.69) is 15.1 Å². The van der Waals surface area contributed by atoms with Crippen molar-refractivity contribution < 1.29 is 0 Å². The number of fused-ring (bicyclic) bond motifs is 2. The van der Waals surface area contributed by atoms with Crippen molar-refractivity contribution in [1.82, 2.24) is 24.0 Å². The maximum Gasteiger partial charge on any atom is 0.238 e. The van der Waals surface area contributed by atoms with Crippen molar-refractivity contribution in [1.29, 1.82) is 0 Å². The molecular weight excluding hydrogens is 252 g/mol. The molecule has 0 amide bonds. The van der Waals surface area contributed by atoms with E-state index in [0.717, 1.165) is 28.0 Å². The molecule has 20 heavy (non-hydrogen) atoms. The number of hydrogen-bond acceptors (Lipinski definition) is 4. The van der Waals surface area contributed by atoms with E-state index in [-0.39, 0.29) is 5.95 Å². The zero-order valence-corrected chi connectivity index (χ0v) is 10.9. The highest BCUT2D eigenvalue weighted by molar-refractivity contribution is 5.82. The van der Waals surface area contributed by atoms with Crippen LogP contribution >= 0.6 is 0 Å². The number of nitrogens with zero attached hydrogens (tertiary/aromatic N) is 5. The molecule has 6 heteroatoms. The van der Waals surface area contributed by atoms with Crippen LogP contribution in [0.5, 0.6) is 0 Å². The first-order valence-corrected chi connectivity index (χ1v) is 6.27. The summed E-state index contributed by atoms with van der Waals surface area (Å²) in [6.45, 7) is 1.94. The standard InChI is InChI=1S/C14H12N6/c1-9-13-11(4-6-20(13)18-14(15)17-9)10-2-3-12-16-5-7-19(12)8-10/h2-8H,1H3,(H2,15,18). The maximum atomic E-state index is 5.68. The molecule has 4 aromatic heterocycles. The van der Waals surface area contributed by atoms with Gasteiger partial charge in [-0.2, -0.15) is 0 Å². The molecule has 0 radical (unpaired) electrons. The Hall–Kier alpha value is -2.89. The Balaban J connectivity index is 2.01. The van der Waals surface area contributed by atoms with E-state index in [9.17, 15) is 0 Å². The summed E-state index contributed by atoms with van der Waals surface area (Å²) in [5, 5.41) is 4.20. The summed E-state index contributed by atoms with van der Waals surface area (Å²) in [6.07, 6.45) is 7.66. The Kier molecular flexibility index (Phi) is 2.09. The van der Waals surface area contributed by atoms with Gasteiger partial charge in [-0.3, -0.25) is 0 Å². The average Bonchev–Trinajstić information content (AvgIpc) is 3.03. The molecular formula is C14H12N6. The van der Waals surface area contributed by atoms with Crippen molar-refractivity contribution in [2.24, 2.45) is 0 Å². The minimum absolute atomic E-state index is 0.280. The van der Waals surface area contributed by atoms with E-state index in [1.807, 2.05) is 48.1 Å². The molecule has 0 fully saturated rings. The zero-order valence-electron chi connectivity index (χ0n) is 10.9. The quantitative estimate of drug-likeness (QED) is 0.570. The van der Waals surface area contributed by atoms with Crippen LogP contribution in [-0.2, 0) is 0 Å². The molecule has 0 unspecified atom stereocenters. The van der Waals surface area contributed by atoms with Crippen LogP contribution in [0.3, 0.4) is 0 Å². The monoisotopic (exact) mass is 264 g/mol. The van der Waals surface area contributed by atoms with Gasteiger partial charge in [0, 0.05) is 35.9 Å². The molecule has 98 valence electrons. The molecule has 4 heterocycles. The van der Waals surface area contributed by atoms with Gasteiger partial charge < -0.3 is 10.1 Å². The summed E-state index contributed by atoms with van der Waals surface area (Å²) >= 11 is 0. The number of rotatable bonds is 1. The van der Waals surface area contributed by atoms with Crippen LogP contribution in [0.1, 0.15) is 5.69 Å². The summed E-state index contributed by atoms with van der Waals surface area (Å²) in [4.78, 5) is 8.49. The van der Waals surface area contributed by atoms with E-state index in [1.54, 1.807) is 10.7 Å². The number of anilines is 1. The second-order valence-corrected chi connectivity index (χ2v) is 4.69. The Morgan fingerprint density at radius 3 is 2.95 bits per heavy atom. The number of pyridine rings is 1. The zero-order chi connectivity index (χ0) is 13.7. The van der Waals surface area contributed by atoms with Gasteiger partial charge in [0.15, 0.2) is 0 Å².